The van der Waals surface area contributed by atoms with Crippen molar-refractivity contribution in [1.29, 1.82) is 0 Å². The van der Waals surface area contributed by atoms with Crippen molar-refractivity contribution in [3.8, 4) is 0 Å². The van der Waals surface area contributed by atoms with Gasteiger partial charge in [0.1, 0.15) is 18.2 Å². The van der Waals surface area contributed by atoms with Gasteiger partial charge < -0.3 is 45.1 Å². The summed E-state index contributed by atoms with van der Waals surface area (Å²) in [5, 5.41) is 18.3. The van der Waals surface area contributed by atoms with Gasteiger partial charge in [0.25, 0.3) is 0 Å². The maximum absolute atomic E-state index is 14.1. The van der Waals surface area contributed by atoms with Gasteiger partial charge in [0.05, 0.1) is 43.2 Å². The second-order valence-corrected chi connectivity index (χ2v) is 15.1. The number of nitrogens with one attached hydrogen (secondary N) is 3. The van der Waals surface area contributed by atoms with E-state index in [1.807, 2.05) is 44.2 Å². The van der Waals surface area contributed by atoms with Crippen molar-refractivity contribution in [3.05, 3.63) is 35.9 Å². The average molecular weight is 746 g/mol. The van der Waals surface area contributed by atoms with Crippen LogP contribution in [-0.2, 0) is 39.8 Å². The van der Waals surface area contributed by atoms with Gasteiger partial charge in [0.2, 0.25) is 23.6 Å². The summed E-state index contributed by atoms with van der Waals surface area (Å²) in [5.74, 6) is -2.11. The number of rotatable bonds is 20. The second kappa shape index (κ2) is 20.6. The lowest BCUT2D eigenvalue weighted by atomic mass is 9.84. The number of methoxy groups -OCH3 is 2. The first-order valence-electron chi connectivity index (χ1n) is 19.0. The van der Waals surface area contributed by atoms with Crippen molar-refractivity contribution in [1.82, 2.24) is 25.8 Å². The van der Waals surface area contributed by atoms with E-state index in [1.165, 1.54) is 0 Å². The van der Waals surface area contributed by atoms with Gasteiger partial charge in [-0.1, -0.05) is 71.4 Å². The minimum Gasteiger partial charge on any atom is -0.444 e. The zero-order valence-corrected chi connectivity index (χ0v) is 33.0. The molecule has 5 amide bonds. The fourth-order valence-electron chi connectivity index (χ4n) is 7.54. The highest BCUT2D eigenvalue weighted by Gasteiger charge is 2.42. The second-order valence-electron chi connectivity index (χ2n) is 15.1. The number of amides is 5. The topological polar surface area (TPSA) is 176 Å². The van der Waals surface area contributed by atoms with Gasteiger partial charge in [-0.05, 0) is 43.6 Å². The van der Waals surface area contributed by atoms with Crippen LogP contribution in [0.3, 0.4) is 0 Å². The Bertz CT molecular complexity index is 1360. The highest BCUT2D eigenvalue weighted by Crippen LogP contribution is 2.30. The van der Waals surface area contributed by atoms with Gasteiger partial charge >= 0.3 is 6.09 Å². The molecule has 0 spiro atoms. The number of carbonyl (C=O) groups is 5. The predicted molar refractivity (Wildman–Crippen MR) is 199 cm³/mol. The Morgan fingerprint density at radius 2 is 1.75 bits per heavy atom. The molecule has 53 heavy (non-hydrogen) atoms. The summed E-state index contributed by atoms with van der Waals surface area (Å²) in [7, 11) is 4.81. The molecule has 10 atom stereocenters. The Morgan fingerprint density at radius 3 is 2.30 bits per heavy atom. The van der Waals surface area contributed by atoms with Gasteiger partial charge in [0.15, 0.2) is 0 Å². The van der Waals surface area contributed by atoms with E-state index in [2.05, 4.69) is 29.8 Å². The number of nitrogens with zero attached hydrogens (tertiary/aromatic N) is 2. The molecule has 0 unspecified atom stereocenters. The van der Waals surface area contributed by atoms with Crippen molar-refractivity contribution in [2.24, 2.45) is 23.7 Å². The fourth-order valence-corrected chi connectivity index (χ4v) is 7.54. The zero-order valence-electron chi connectivity index (χ0n) is 33.0. The largest absolute Gasteiger partial charge is 0.444 e. The van der Waals surface area contributed by atoms with Gasteiger partial charge in [-0.3, -0.25) is 19.2 Å². The number of aliphatic hydroxyl groups excluding tert-OH is 1. The first-order valence-corrected chi connectivity index (χ1v) is 19.0. The van der Waals surface area contributed by atoms with Crippen molar-refractivity contribution < 1.29 is 43.3 Å². The van der Waals surface area contributed by atoms with Crippen LogP contribution < -0.4 is 16.0 Å². The molecule has 0 aliphatic carbocycles. The van der Waals surface area contributed by atoms with Gasteiger partial charge in [0, 0.05) is 40.3 Å². The molecule has 0 saturated carbocycles. The van der Waals surface area contributed by atoms with Crippen LogP contribution in [0.25, 0.3) is 0 Å². The molecule has 14 nitrogen and oxygen atoms in total. The van der Waals surface area contributed by atoms with E-state index in [-0.39, 0.29) is 61.1 Å². The van der Waals surface area contributed by atoms with Crippen LogP contribution >= 0.6 is 0 Å². The molecule has 2 fully saturated rings. The number of benzene rings is 1. The van der Waals surface area contributed by atoms with E-state index in [9.17, 15) is 29.1 Å². The number of cyclic esters (lactones) is 1. The summed E-state index contributed by atoms with van der Waals surface area (Å²) < 4.78 is 16.9. The summed E-state index contributed by atoms with van der Waals surface area (Å²) >= 11 is 0. The maximum atomic E-state index is 14.1. The van der Waals surface area contributed by atoms with Crippen molar-refractivity contribution in [2.45, 2.75) is 116 Å². The molecule has 0 aromatic heterocycles. The molecule has 2 aliphatic heterocycles. The highest BCUT2D eigenvalue weighted by atomic mass is 16.6. The van der Waals surface area contributed by atoms with Crippen molar-refractivity contribution in [3.63, 3.8) is 0 Å². The Morgan fingerprint density at radius 1 is 1.08 bits per heavy atom. The van der Waals surface area contributed by atoms with Crippen LogP contribution in [-0.4, -0.2) is 128 Å². The maximum Gasteiger partial charge on any atom is 0.408 e. The molecular weight excluding hydrogens is 682 g/mol. The lowest BCUT2D eigenvalue weighted by molar-refractivity contribution is -0.144. The summed E-state index contributed by atoms with van der Waals surface area (Å²) in [6.07, 6.45) is 0.359. The van der Waals surface area contributed by atoms with Crippen molar-refractivity contribution in [2.75, 3.05) is 41.0 Å². The third kappa shape index (κ3) is 11.6. The average Bonchev–Trinajstić information content (AvgIpc) is 3.76. The van der Waals surface area contributed by atoms with Gasteiger partial charge in [-0.2, -0.15) is 0 Å². The quantitative estimate of drug-likeness (QED) is 0.156. The van der Waals surface area contributed by atoms with Gasteiger partial charge in [-0.15, -0.1) is 0 Å². The van der Waals surface area contributed by atoms with E-state index in [1.54, 1.807) is 44.9 Å². The number of likely N-dealkylation sites (N-methyl/N-ethyl adjacent to an activating group) is 1. The lowest BCUT2D eigenvalue weighted by Crippen LogP contribution is -2.56. The monoisotopic (exact) mass is 745 g/mol. The van der Waals surface area contributed by atoms with E-state index in [0.717, 1.165) is 18.4 Å². The lowest BCUT2D eigenvalue weighted by Gasteiger charge is -2.37. The van der Waals surface area contributed by atoms with Crippen LogP contribution in [0.4, 0.5) is 4.79 Å². The molecule has 14 heteroatoms. The number of hydrogen-bond acceptors (Lipinski definition) is 9. The van der Waals surface area contributed by atoms with Crippen molar-refractivity contribution >= 4 is 29.7 Å². The summed E-state index contributed by atoms with van der Waals surface area (Å²) in [4.78, 5) is 69.5. The van der Waals surface area contributed by atoms with Gasteiger partial charge in [-0.25, -0.2) is 4.79 Å². The number of alkyl carbamates (subject to hydrolysis) is 1. The molecule has 2 saturated heterocycles. The molecule has 4 N–H and O–H groups in total. The molecule has 2 heterocycles. The molecule has 0 radical (unpaired) electrons. The Labute approximate surface area is 315 Å². The molecule has 298 valence electrons. The first kappa shape index (κ1) is 43.7. The number of aliphatic hydroxyl groups is 1. The first-order chi connectivity index (χ1) is 25.2. The molecule has 3 rings (SSSR count). The minimum atomic E-state index is -0.903. The van der Waals surface area contributed by atoms with Crippen LogP contribution in [0.15, 0.2) is 30.3 Å². The molecule has 2 aliphatic rings. The summed E-state index contributed by atoms with van der Waals surface area (Å²) in [5.41, 5.74) is 1.00. The predicted octanol–water partition coefficient (Wildman–Crippen LogP) is 2.51. The van der Waals surface area contributed by atoms with Crippen LogP contribution in [0.1, 0.15) is 72.8 Å². The Balaban J connectivity index is 1.69. The molecule has 1 aromatic rings. The molecule has 1 aromatic carbocycles. The number of hydrogen-bond donors (Lipinski definition) is 4. The molecular formula is C39H63N5O9. The fraction of sp³-hybridized carbons (Fsp3) is 0.718. The van der Waals surface area contributed by atoms with E-state index < -0.39 is 54.4 Å². The number of carbonyl (C=O) groups excluding carboxylic acids is 5. The zero-order chi connectivity index (χ0) is 39.4. The van der Waals surface area contributed by atoms with E-state index in [0.29, 0.717) is 19.4 Å². The third-order valence-corrected chi connectivity index (χ3v) is 11.0. The number of likely N-dealkylation sites (tertiary alicyclic amines) is 1. The molecule has 0 bridgehead atoms. The summed E-state index contributed by atoms with van der Waals surface area (Å²) in [6, 6.07) is 7.11. The van der Waals surface area contributed by atoms with Crippen LogP contribution in [0.5, 0.6) is 0 Å². The Kier molecular flexibility index (Phi) is 17.0. The van der Waals surface area contributed by atoms with E-state index in [4.69, 9.17) is 14.2 Å². The minimum absolute atomic E-state index is 0.0777. The van der Waals surface area contributed by atoms with E-state index >= 15 is 0 Å². The smallest absolute Gasteiger partial charge is 0.408 e. The third-order valence-electron chi connectivity index (χ3n) is 11.0. The van der Waals surface area contributed by atoms with Crippen LogP contribution in [0.2, 0.25) is 0 Å². The van der Waals surface area contributed by atoms with Crippen LogP contribution in [0, 0.1) is 23.7 Å². The highest BCUT2D eigenvalue weighted by molar-refractivity contribution is 5.93. The standard InChI is InChI=1S/C39H63N5O9/c1-10-24(4)29(21-43(7)38(49)33(23(2)3)41-37(48)34-26(6)53-39(50)42-34)31(51-8)20-32(46)44-18-14-17-30(44)35(52-9)25(5)36(47)40-28(22-45)19-27-15-12-11-13-16-27/h11-13,15-16,23-26,28-31,33-35,45H,10,14,17-22H2,1-9H3,(H,40,47)(H,41,48)(H,42,50)/t24-,25+,26+,28-,29-,30-,31+,33-,34-,35+/m0/s1. The normalized spacial score (nSPS) is 22.5. The Hall–Kier alpha value is -3.75. The SMILES string of the molecule is CC[C@H](C)[C@H](CN(C)C(=O)[C@@H](NC(=O)[C@H]1NC(=O)O[C@@H]1C)C(C)C)[C@@H](CC(=O)N1CCC[C@H]1[C@H](OC)[C@@H](C)C(=O)N[C@H](CO)Cc1ccccc1)OC. The number of ether oxygens (including phenoxy) is 3. The summed E-state index contributed by atoms with van der Waals surface area (Å²) in [6.45, 7) is 11.8.